The highest BCUT2D eigenvalue weighted by atomic mass is 35.5. The van der Waals surface area contributed by atoms with Crippen molar-refractivity contribution in [2.45, 2.75) is 11.8 Å². The molecule has 0 saturated carbocycles. The number of anilines is 1. The summed E-state index contributed by atoms with van der Waals surface area (Å²) in [4.78, 5) is 3.80. The zero-order valence-corrected chi connectivity index (χ0v) is 12.3. The van der Waals surface area contributed by atoms with Gasteiger partial charge in [-0.1, -0.05) is 11.6 Å². The number of sulfonamides is 1. The summed E-state index contributed by atoms with van der Waals surface area (Å²) < 4.78 is 31.9. The van der Waals surface area contributed by atoms with Crippen LogP contribution in [0, 0.1) is 0 Å². The standard InChI is InChI=1S/C13H13ClN2O3S/c1-2-19-11-5-3-10(4-6-11)16-20(17,18)12-7-8-13(14)15-9-12/h3-9,16H,2H2,1H3. The average molecular weight is 313 g/mol. The quantitative estimate of drug-likeness (QED) is 0.862. The van der Waals surface area contributed by atoms with Crippen LogP contribution >= 0.6 is 11.6 Å². The molecule has 0 saturated heterocycles. The molecule has 1 aromatic heterocycles. The Hall–Kier alpha value is -1.79. The zero-order valence-electron chi connectivity index (χ0n) is 10.7. The molecule has 7 heteroatoms. The van der Waals surface area contributed by atoms with Gasteiger partial charge in [-0.05, 0) is 43.3 Å². The van der Waals surface area contributed by atoms with E-state index in [0.29, 0.717) is 18.0 Å². The second kappa shape index (κ2) is 6.11. The van der Waals surface area contributed by atoms with Crippen LogP contribution in [-0.4, -0.2) is 20.0 Å². The maximum absolute atomic E-state index is 12.1. The number of nitrogens with zero attached hydrogens (tertiary/aromatic N) is 1. The van der Waals surface area contributed by atoms with Gasteiger partial charge < -0.3 is 4.74 Å². The number of pyridine rings is 1. The van der Waals surface area contributed by atoms with E-state index in [1.807, 2.05) is 6.92 Å². The van der Waals surface area contributed by atoms with Crippen molar-refractivity contribution in [2.24, 2.45) is 0 Å². The second-order valence-electron chi connectivity index (χ2n) is 3.88. The lowest BCUT2D eigenvalue weighted by molar-refractivity contribution is 0.340. The molecule has 0 aliphatic heterocycles. The molecule has 0 aliphatic carbocycles. The van der Waals surface area contributed by atoms with E-state index in [9.17, 15) is 8.42 Å². The topological polar surface area (TPSA) is 68.3 Å². The molecule has 0 atom stereocenters. The van der Waals surface area contributed by atoms with Gasteiger partial charge in [0.2, 0.25) is 0 Å². The molecule has 0 spiro atoms. The Balaban J connectivity index is 2.17. The van der Waals surface area contributed by atoms with Crippen molar-refractivity contribution in [3.05, 3.63) is 47.7 Å². The molecule has 1 aromatic carbocycles. The van der Waals surface area contributed by atoms with Crippen LogP contribution < -0.4 is 9.46 Å². The Labute approximate surface area is 122 Å². The third-order valence-corrected chi connectivity index (χ3v) is 4.02. The van der Waals surface area contributed by atoms with Crippen molar-refractivity contribution in [3.8, 4) is 5.75 Å². The van der Waals surface area contributed by atoms with Crippen LogP contribution in [0.2, 0.25) is 5.15 Å². The lowest BCUT2D eigenvalue weighted by Gasteiger charge is -2.09. The highest BCUT2D eigenvalue weighted by molar-refractivity contribution is 7.92. The molecule has 1 N–H and O–H groups in total. The first-order valence-corrected chi connectivity index (χ1v) is 7.74. The maximum atomic E-state index is 12.1. The predicted octanol–water partition coefficient (Wildman–Crippen LogP) is 2.93. The van der Waals surface area contributed by atoms with E-state index in [1.165, 1.54) is 18.3 Å². The minimum absolute atomic E-state index is 0.0517. The highest BCUT2D eigenvalue weighted by Crippen LogP contribution is 2.19. The van der Waals surface area contributed by atoms with Gasteiger partial charge in [-0.15, -0.1) is 0 Å². The van der Waals surface area contributed by atoms with Crippen molar-refractivity contribution in [1.82, 2.24) is 4.98 Å². The Morgan fingerprint density at radius 2 is 1.90 bits per heavy atom. The lowest BCUT2D eigenvalue weighted by atomic mass is 10.3. The number of rotatable bonds is 5. The summed E-state index contributed by atoms with van der Waals surface area (Å²) in [5.41, 5.74) is 0.448. The average Bonchev–Trinajstić information content (AvgIpc) is 2.41. The largest absolute Gasteiger partial charge is 0.494 e. The summed E-state index contributed by atoms with van der Waals surface area (Å²) >= 11 is 5.63. The molecule has 0 unspecified atom stereocenters. The van der Waals surface area contributed by atoms with E-state index < -0.39 is 10.0 Å². The van der Waals surface area contributed by atoms with Crippen LogP contribution in [0.3, 0.4) is 0 Å². The first-order chi connectivity index (χ1) is 9.51. The number of benzene rings is 1. The smallest absolute Gasteiger partial charge is 0.263 e. The monoisotopic (exact) mass is 312 g/mol. The summed E-state index contributed by atoms with van der Waals surface area (Å²) in [6.07, 6.45) is 1.21. The van der Waals surface area contributed by atoms with E-state index in [4.69, 9.17) is 16.3 Å². The number of aromatic nitrogens is 1. The molecular weight excluding hydrogens is 300 g/mol. The Bertz CT molecular complexity index is 670. The van der Waals surface area contributed by atoms with Crippen molar-refractivity contribution in [2.75, 3.05) is 11.3 Å². The zero-order chi connectivity index (χ0) is 14.6. The molecule has 1 heterocycles. The van der Waals surface area contributed by atoms with Gasteiger partial charge in [0, 0.05) is 11.9 Å². The third kappa shape index (κ3) is 3.61. The van der Waals surface area contributed by atoms with E-state index in [2.05, 4.69) is 9.71 Å². The first-order valence-electron chi connectivity index (χ1n) is 5.88. The van der Waals surface area contributed by atoms with Gasteiger partial charge in [-0.3, -0.25) is 4.72 Å². The summed E-state index contributed by atoms with van der Waals surface area (Å²) in [6.45, 7) is 2.44. The van der Waals surface area contributed by atoms with E-state index >= 15 is 0 Å². The normalized spacial score (nSPS) is 11.1. The summed E-state index contributed by atoms with van der Waals surface area (Å²) in [5.74, 6) is 0.684. The van der Waals surface area contributed by atoms with E-state index in [0.717, 1.165) is 0 Å². The molecule has 20 heavy (non-hydrogen) atoms. The van der Waals surface area contributed by atoms with Gasteiger partial charge in [0.15, 0.2) is 0 Å². The molecule has 0 aliphatic rings. The number of hydrogen-bond donors (Lipinski definition) is 1. The fourth-order valence-electron chi connectivity index (χ4n) is 1.52. The maximum Gasteiger partial charge on any atom is 0.263 e. The molecule has 106 valence electrons. The van der Waals surface area contributed by atoms with Gasteiger partial charge in [0.05, 0.1) is 6.61 Å². The summed E-state index contributed by atoms with van der Waals surface area (Å²) in [7, 11) is -3.67. The van der Waals surface area contributed by atoms with Crippen molar-refractivity contribution < 1.29 is 13.2 Å². The molecule has 2 aromatic rings. The van der Waals surface area contributed by atoms with Crippen LogP contribution in [0.15, 0.2) is 47.5 Å². The molecule has 0 amide bonds. The van der Waals surface area contributed by atoms with Crippen molar-refractivity contribution in [3.63, 3.8) is 0 Å². The van der Waals surface area contributed by atoms with Crippen LogP contribution in [0.4, 0.5) is 5.69 Å². The lowest BCUT2D eigenvalue weighted by Crippen LogP contribution is -2.13. The molecular formula is C13H13ClN2O3S. The number of nitrogens with one attached hydrogen (secondary N) is 1. The van der Waals surface area contributed by atoms with Gasteiger partial charge in [0.1, 0.15) is 15.8 Å². The van der Waals surface area contributed by atoms with Crippen molar-refractivity contribution in [1.29, 1.82) is 0 Å². The van der Waals surface area contributed by atoms with Gasteiger partial charge >= 0.3 is 0 Å². The summed E-state index contributed by atoms with van der Waals surface area (Å²) in [5, 5.41) is 0.241. The molecule has 0 bridgehead atoms. The number of ether oxygens (including phenoxy) is 1. The number of hydrogen-bond acceptors (Lipinski definition) is 4. The van der Waals surface area contributed by atoms with Crippen LogP contribution in [-0.2, 0) is 10.0 Å². The molecule has 2 rings (SSSR count). The Morgan fingerprint density at radius 3 is 2.45 bits per heavy atom. The minimum atomic E-state index is -3.67. The second-order valence-corrected chi connectivity index (χ2v) is 5.95. The Kier molecular flexibility index (Phi) is 4.46. The number of halogens is 1. The third-order valence-electron chi connectivity index (χ3n) is 2.43. The van der Waals surface area contributed by atoms with Gasteiger partial charge in [0.25, 0.3) is 10.0 Å². The van der Waals surface area contributed by atoms with Crippen molar-refractivity contribution >= 4 is 27.3 Å². The van der Waals surface area contributed by atoms with Gasteiger partial charge in [-0.25, -0.2) is 13.4 Å². The fourth-order valence-corrected chi connectivity index (χ4v) is 2.64. The molecule has 0 fully saturated rings. The predicted molar refractivity (Wildman–Crippen MR) is 77.7 cm³/mol. The van der Waals surface area contributed by atoms with E-state index in [1.54, 1.807) is 24.3 Å². The summed E-state index contributed by atoms with van der Waals surface area (Å²) in [6, 6.07) is 9.47. The van der Waals surface area contributed by atoms with Crippen LogP contribution in [0.1, 0.15) is 6.92 Å². The van der Waals surface area contributed by atoms with E-state index in [-0.39, 0.29) is 10.0 Å². The molecule has 0 radical (unpaired) electrons. The first kappa shape index (κ1) is 14.6. The minimum Gasteiger partial charge on any atom is -0.494 e. The molecule has 5 nitrogen and oxygen atoms in total. The van der Waals surface area contributed by atoms with Crippen LogP contribution in [0.25, 0.3) is 0 Å². The van der Waals surface area contributed by atoms with Gasteiger partial charge in [-0.2, -0.15) is 0 Å². The van der Waals surface area contributed by atoms with Crippen LogP contribution in [0.5, 0.6) is 5.75 Å². The Morgan fingerprint density at radius 1 is 1.20 bits per heavy atom. The fraction of sp³-hybridized carbons (Fsp3) is 0.154. The highest BCUT2D eigenvalue weighted by Gasteiger charge is 2.14. The SMILES string of the molecule is CCOc1ccc(NS(=O)(=O)c2ccc(Cl)nc2)cc1.